The Hall–Kier alpha value is -2.72. The third kappa shape index (κ3) is 6.39. The van der Waals surface area contributed by atoms with E-state index < -0.39 is 36.0 Å². The molecule has 0 unspecified atom stereocenters. The summed E-state index contributed by atoms with van der Waals surface area (Å²) in [6.45, 7) is 5.43. The van der Waals surface area contributed by atoms with Crippen molar-refractivity contribution in [3.05, 3.63) is 36.0 Å². The first-order valence-electron chi connectivity index (χ1n) is 8.90. The van der Waals surface area contributed by atoms with Gasteiger partial charge in [0.1, 0.15) is 16.9 Å². The maximum Gasteiger partial charge on any atom is 0.423 e. The summed E-state index contributed by atoms with van der Waals surface area (Å²) in [5, 5.41) is 0. The average molecular weight is 437 g/mol. The average Bonchev–Trinajstić information content (AvgIpc) is 2.59. The van der Waals surface area contributed by atoms with Crippen molar-refractivity contribution in [3.8, 4) is 11.6 Å². The summed E-state index contributed by atoms with van der Waals surface area (Å²) in [4.78, 5) is 8.78. The van der Waals surface area contributed by atoms with Gasteiger partial charge in [0.15, 0.2) is 6.61 Å². The summed E-state index contributed by atoms with van der Waals surface area (Å²) in [6.07, 6.45) is -9.40. The standard InChI is InChI=1S/C19H21F6N3O2/c1-5-28(13-8-6-7-9-14(13)30-17(2,3)4)16-26-10-12(19(23,24)25)15(27-16)29-11-18(20,21)22/h6-10H,5,11H2,1-4H3. The van der Waals surface area contributed by atoms with Crippen LogP contribution in [0.4, 0.5) is 38.0 Å². The molecule has 0 radical (unpaired) electrons. The van der Waals surface area contributed by atoms with Crippen molar-refractivity contribution in [3.63, 3.8) is 0 Å². The van der Waals surface area contributed by atoms with Crippen LogP contribution in [0.15, 0.2) is 30.5 Å². The summed E-state index contributed by atoms with van der Waals surface area (Å²) in [6, 6.07) is 6.69. The summed E-state index contributed by atoms with van der Waals surface area (Å²) in [5.74, 6) is -1.04. The molecular weight excluding hydrogens is 416 g/mol. The van der Waals surface area contributed by atoms with E-state index in [4.69, 9.17) is 4.74 Å². The summed E-state index contributed by atoms with van der Waals surface area (Å²) in [5.41, 5.74) is -1.63. The molecule has 0 aliphatic carbocycles. The van der Waals surface area contributed by atoms with Gasteiger partial charge in [-0.1, -0.05) is 12.1 Å². The lowest BCUT2D eigenvalue weighted by Crippen LogP contribution is -2.26. The Labute approximate surface area is 169 Å². The Bertz CT molecular complexity index is 863. The van der Waals surface area contributed by atoms with E-state index in [1.54, 1.807) is 31.2 Å². The van der Waals surface area contributed by atoms with Crippen LogP contribution in [0.1, 0.15) is 33.3 Å². The van der Waals surface area contributed by atoms with Gasteiger partial charge in [-0.05, 0) is 39.8 Å². The first-order chi connectivity index (χ1) is 13.7. The van der Waals surface area contributed by atoms with Crippen molar-refractivity contribution < 1.29 is 35.8 Å². The molecule has 166 valence electrons. The van der Waals surface area contributed by atoms with Gasteiger partial charge in [0.2, 0.25) is 11.8 Å². The molecule has 0 fully saturated rings. The van der Waals surface area contributed by atoms with Gasteiger partial charge in [0.25, 0.3) is 0 Å². The fourth-order valence-electron chi connectivity index (χ4n) is 2.46. The first-order valence-corrected chi connectivity index (χ1v) is 8.90. The third-order valence-corrected chi connectivity index (χ3v) is 3.55. The highest BCUT2D eigenvalue weighted by molar-refractivity contribution is 5.65. The lowest BCUT2D eigenvalue weighted by atomic mass is 10.2. The van der Waals surface area contributed by atoms with Gasteiger partial charge in [-0.2, -0.15) is 31.3 Å². The van der Waals surface area contributed by atoms with Crippen molar-refractivity contribution in [1.82, 2.24) is 9.97 Å². The number of halogens is 6. The predicted octanol–water partition coefficient (Wildman–Crippen LogP) is 5.77. The number of rotatable bonds is 6. The highest BCUT2D eigenvalue weighted by Crippen LogP contribution is 2.38. The normalized spacial score (nSPS) is 12.6. The van der Waals surface area contributed by atoms with Crippen LogP contribution >= 0.6 is 0 Å². The van der Waals surface area contributed by atoms with E-state index in [-0.39, 0.29) is 12.5 Å². The summed E-state index contributed by atoms with van der Waals surface area (Å²) >= 11 is 0. The third-order valence-electron chi connectivity index (χ3n) is 3.55. The molecule has 1 aromatic carbocycles. The van der Waals surface area contributed by atoms with Crippen LogP contribution in [0.2, 0.25) is 0 Å². The topological polar surface area (TPSA) is 47.5 Å². The molecule has 2 rings (SSSR count). The van der Waals surface area contributed by atoms with Gasteiger partial charge in [0, 0.05) is 12.7 Å². The van der Waals surface area contributed by atoms with Gasteiger partial charge in [-0.25, -0.2) is 4.98 Å². The number of aromatic nitrogens is 2. The first kappa shape index (κ1) is 23.6. The second-order valence-electron chi connectivity index (χ2n) is 7.22. The number of para-hydroxylation sites is 2. The zero-order valence-corrected chi connectivity index (χ0v) is 16.7. The quantitative estimate of drug-likeness (QED) is 0.537. The van der Waals surface area contributed by atoms with Crippen LogP contribution in [0.3, 0.4) is 0 Å². The minimum Gasteiger partial charge on any atom is -0.486 e. The molecule has 0 atom stereocenters. The van der Waals surface area contributed by atoms with Crippen molar-refractivity contribution in [2.75, 3.05) is 18.1 Å². The second kappa shape index (κ2) is 8.57. The molecule has 2 aromatic rings. The molecule has 0 amide bonds. The van der Waals surface area contributed by atoms with E-state index in [0.29, 0.717) is 17.6 Å². The molecular formula is C19H21F6N3O2. The number of hydrogen-bond acceptors (Lipinski definition) is 5. The molecule has 5 nitrogen and oxygen atoms in total. The van der Waals surface area contributed by atoms with E-state index in [9.17, 15) is 26.3 Å². The van der Waals surface area contributed by atoms with Crippen molar-refractivity contribution in [2.24, 2.45) is 0 Å². The monoisotopic (exact) mass is 437 g/mol. The van der Waals surface area contributed by atoms with Crippen LogP contribution in [0, 0.1) is 0 Å². The number of benzene rings is 1. The van der Waals surface area contributed by atoms with Gasteiger partial charge in [-0.15, -0.1) is 0 Å². The van der Waals surface area contributed by atoms with Crippen LogP contribution in [0.5, 0.6) is 11.6 Å². The van der Waals surface area contributed by atoms with Crippen LogP contribution in [0.25, 0.3) is 0 Å². The van der Waals surface area contributed by atoms with Gasteiger partial charge >= 0.3 is 12.4 Å². The summed E-state index contributed by atoms with van der Waals surface area (Å²) in [7, 11) is 0. The smallest absolute Gasteiger partial charge is 0.423 e. The molecule has 0 saturated heterocycles. The van der Waals surface area contributed by atoms with Gasteiger partial charge < -0.3 is 14.4 Å². The number of alkyl halides is 6. The predicted molar refractivity (Wildman–Crippen MR) is 98.1 cm³/mol. The fraction of sp³-hybridized carbons (Fsp3) is 0.474. The maximum atomic E-state index is 13.2. The molecule has 0 aliphatic rings. The number of nitrogens with zero attached hydrogens (tertiary/aromatic N) is 3. The van der Waals surface area contributed by atoms with E-state index in [1.807, 2.05) is 20.8 Å². The van der Waals surface area contributed by atoms with Crippen molar-refractivity contribution in [1.29, 1.82) is 0 Å². The minimum absolute atomic E-state index is 0.203. The minimum atomic E-state index is -4.98. The number of ether oxygens (including phenoxy) is 2. The van der Waals surface area contributed by atoms with E-state index in [1.165, 1.54) is 4.90 Å². The van der Waals surface area contributed by atoms with E-state index in [0.717, 1.165) is 0 Å². The van der Waals surface area contributed by atoms with Crippen molar-refractivity contribution in [2.45, 2.75) is 45.6 Å². The number of hydrogen-bond donors (Lipinski definition) is 0. The Morgan fingerprint density at radius 3 is 2.17 bits per heavy atom. The van der Waals surface area contributed by atoms with Crippen LogP contribution in [-0.2, 0) is 6.18 Å². The second-order valence-corrected chi connectivity index (χ2v) is 7.22. The van der Waals surface area contributed by atoms with Crippen LogP contribution in [-0.4, -0.2) is 34.9 Å². The van der Waals surface area contributed by atoms with E-state index >= 15 is 0 Å². The van der Waals surface area contributed by atoms with Gasteiger partial charge in [-0.3, -0.25) is 0 Å². The molecule has 0 N–H and O–H groups in total. The van der Waals surface area contributed by atoms with E-state index in [2.05, 4.69) is 14.7 Å². The lowest BCUT2D eigenvalue weighted by Gasteiger charge is -2.28. The zero-order chi connectivity index (χ0) is 22.7. The molecule has 1 aromatic heterocycles. The molecule has 0 bridgehead atoms. The van der Waals surface area contributed by atoms with Crippen molar-refractivity contribution >= 4 is 11.6 Å². The Kier molecular flexibility index (Phi) is 6.73. The Morgan fingerprint density at radius 2 is 1.63 bits per heavy atom. The largest absolute Gasteiger partial charge is 0.486 e. The fourth-order valence-corrected chi connectivity index (χ4v) is 2.46. The Balaban J connectivity index is 2.51. The molecule has 0 spiro atoms. The SMILES string of the molecule is CCN(c1ncc(C(F)(F)F)c(OCC(F)(F)F)n1)c1ccccc1OC(C)(C)C. The number of anilines is 2. The zero-order valence-electron chi connectivity index (χ0n) is 16.7. The molecule has 0 aliphatic heterocycles. The van der Waals surface area contributed by atoms with Crippen LogP contribution < -0.4 is 14.4 Å². The lowest BCUT2D eigenvalue weighted by molar-refractivity contribution is -0.159. The molecule has 30 heavy (non-hydrogen) atoms. The molecule has 0 saturated carbocycles. The highest BCUT2D eigenvalue weighted by atomic mass is 19.4. The highest BCUT2D eigenvalue weighted by Gasteiger charge is 2.38. The molecule has 1 heterocycles. The summed E-state index contributed by atoms with van der Waals surface area (Å²) < 4.78 is 87.3. The van der Waals surface area contributed by atoms with Gasteiger partial charge in [0.05, 0.1) is 5.69 Å². The Morgan fingerprint density at radius 1 is 1.00 bits per heavy atom. The molecule has 11 heteroatoms. The maximum absolute atomic E-state index is 13.2.